The van der Waals surface area contributed by atoms with E-state index in [0.29, 0.717) is 5.02 Å². The summed E-state index contributed by atoms with van der Waals surface area (Å²) in [6.45, 7) is 2.51. The van der Waals surface area contributed by atoms with E-state index in [0.717, 1.165) is 48.8 Å². The summed E-state index contributed by atoms with van der Waals surface area (Å²) in [4.78, 5) is 10.8. The molecule has 2 aromatic heterocycles. The zero-order valence-electron chi connectivity index (χ0n) is 12.4. The van der Waals surface area contributed by atoms with E-state index < -0.39 is 0 Å². The molecule has 0 fully saturated rings. The van der Waals surface area contributed by atoms with Crippen LogP contribution in [-0.4, -0.2) is 26.6 Å². The number of nitrogens with zero attached hydrogens (tertiary/aromatic N) is 4. The Morgan fingerprint density at radius 3 is 2.96 bits per heavy atom. The van der Waals surface area contributed by atoms with E-state index in [1.807, 2.05) is 36.5 Å². The second kappa shape index (κ2) is 6.10. The Hall–Kier alpha value is -2.24. The summed E-state index contributed by atoms with van der Waals surface area (Å²) < 4.78 is 5.48. The van der Waals surface area contributed by atoms with E-state index in [4.69, 9.17) is 16.1 Å². The average molecular weight is 327 g/mol. The van der Waals surface area contributed by atoms with Gasteiger partial charge in [0.05, 0.1) is 12.2 Å². The van der Waals surface area contributed by atoms with Crippen molar-refractivity contribution in [3.05, 3.63) is 64.9 Å². The van der Waals surface area contributed by atoms with Crippen LogP contribution in [0.2, 0.25) is 5.02 Å². The maximum Gasteiger partial charge on any atom is 0.151 e. The van der Waals surface area contributed by atoms with Gasteiger partial charge in [-0.3, -0.25) is 4.90 Å². The highest BCUT2D eigenvalue weighted by Crippen LogP contribution is 2.23. The molecule has 1 aromatic carbocycles. The fourth-order valence-electron chi connectivity index (χ4n) is 2.80. The van der Waals surface area contributed by atoms with Gasteiger partial charge in [0.1, 0.15) is 12.0 Å². The van der Waals surface area contributed by atoms with E-state index in [1.54, 1.807) is 6.33 Å². The van der Waals surface area contributed by atoms with Gasteiger partial charge < -0.3 is 4.52 Å². The third-order valence-electron chi connectivity index (χ3n) is 4.03. The minimum absolute atomic E-state index is 0.714. The van der Waals surface area contributed by atoms with Crippen molar-refractivity contribution in [2.75, 3.05) is 6.54 Å². The molecule has 0 radical (unpaired) electrons. The first-order chi connectivity index (χ1) is 11.3. The highest BCUT2D eigenvalue weighted by Gasteiger charge is 2.19. The summed E-state index contributed by atoms with van der Waals surface area (Å²) in [5, 5.41) is 4.87. The van der Waals surface area contributed by atoms with Crippen LogP contribution in [0.5, 0.6) is 0 Å². The lowest BCUT2D eigenvalue weighted by Gasteiger charge is -2.26. The van der Waals surface area contributed by atoms with Crippen LogP contribution in [0.4, 0.5) is 0 Å². The number of benzene rings is 1. The van der Waals surface area contributed by atoms with Gasteiger partial charge in [-0.05, 0) is 24.1 Å². The summed E-state index contributed by atoms with van der Waals surface area (Å²) in [6.07, 6.45) is 4.48. The first-order valence-electron chi connectivity index (χ1n) is 7.49. The molecule has 0 atom stereocenters. The Labute approximate surface area is 138 Å². The molecule has 1 aliphatic rings. The number of fused-ring (bicyclic) bond motifs is 1. The van der Waals surface area contributed by atoms with Crippen molar-refractivity contribution < 1.29 is 4.52 Å². The zero-order chi connectivity index (χ0) is 15.6. The van der Waals surface area contributed by atoms with Gasteiger partial charge in [0.15, 0.2) is 5.76 Å². The van der Waals surface area contributed by atoms with Gasteiger partial charge in [-0.1, -0.05) is 28.9 Å². The van der Waals surface area contributed by atoms with Gasteiger partial charge >= 0.3 is 0 Å². The van der Waals surface area contributed by atoms with Crippen molar-refractivity contribution in [1.29, 1.82) is 0 Å². The minimum atomic E-state index is 0.714. The molecule has 23 heavy (non-hydrogen) atoms. The molecule has 3 heterocycles. The van der Waals surface area contributed by atoms with Gasteiger partial charge in [0.2, 0.25) is 0 Å². The van der Waals surface area contributed by atoms with Crippen molar-refractivity contribution in [3.8, 4) is 11.3 Å². The van der Waals surface area contributed by atoms with Crippen LogP contribution in [0.1, 0.15) is 17.0 Å². The molecule has 0 spiro atoms. The van der Waals surface area contributed by atoms with Crippen molar-refractivity contribution in [3.63, 3.8) is 0 Å². The molecule has 0 aliphatic carbocycles. The fourth-order valence-corrected chi connectivity index (χ4v) is 2.93. The smallest absolute Gasteiger partial charge is 0.151 e. The van der Waals surface area contributed by atoms with Crippen molar-refractivity contribution in [1.82, 2.24) is 20.0 Å². The summed E-state index contributed by atoms with van der Waals surface area (Å²) in [6, 6.07) is 9.58. The number of aromatic nitrogens is 3. The van der Waals surface area contributed by atoms with Gasteiger partial charge in [0.25, 0.3) is 0 Å². The SMILES string of the molecule is Clc1ccc(-c2cc(CN3CCc4cncnc4C3)on2)cc1. The Morgan fingerprint density at radius 1 is 1.22 bits per heavy atom. The van der Waals surface area contributed by atoms with Gasteiger partial charge in [-0.2, -0.15) is 0 Å². The molecule has 5 nitrogen and oxygen atoms in total. The molecule has 0 unspecified atom stereocenters. The number of halogens is 1. The Kier molecular flexibility index (Phi) is 3.81. The molecule has 0 saturated heterocycles. The molecule has 0 amide bonds. The lowest BCUT2D eigenvalue weighted by molar-refractivity contribution is 0.211. The summed E-state index contributed by atoms with van der Waals surface area (Å²) in [5.41, 5.74) is 4.17. The van der Waals surface area contributed by atoms with E-state index in [-0.39, 0.29) is 0 Å². The maximum atomic E-state index is 5.91. The maximum absolute atomic E-state index is 5.91. The summed E-state index contributed by atoms with van der Waals surface area (Å²) in [5.74, 6) is 0.854. The predicted molar refractivity (Wildman–Crippen MR) is 86.8 cm³/mol. The third-order valence-corrected chi connectivity index (χ3v) is 4.28. The average Bonchev–Trinajstić information content (AvgIpc) is 3.04. The first-order valence-corrected chi connectivity index (χ1v) is 7.87. The second-order valence-electron chi connectivity index (χ2n) is 5.64. The van der Waals surface area contributed by atoms with Crippen LogP contribution in [-0.2, 0) is 19.5 Å². The summed E-state index contributed by atoms with van der Waals surface area (Å²) in [7, 11) is 0. The normalized spacial score (nSPS) is 14.7. The molecule has 0 N–H and O–H groups in total. The standard InChI is InChI=1S/C17H15ClN4O/c18-14-3-1-12(2-4-14)16-7-15(23-21-16)9-22-6-5-13-8-19-11-20-17(13)10-22/h1-4,7-8,11H,5-6,9-10H2. The first kappa shape index (κ1) is 14.4. The highest BCUT2D eigenvalue weighted by molar-refractivity contribution is 6.30. The van der Waals surface area contributed by atoms with Gasteiger partial charge in [-0.25, -0.2) is 9.97 Å². The number of hydrogen-bond donors (Lipinski definition) is 0. The summed E-state index contributed by atoms with van der Waals surface area (Å²) >= 11 is 5.91. The van der Waals surface area contributed by atoms with Crippen molar-refractivity contribution >= 4 is 11.6 Å². The lowest BCUT2D eigenvalue weighted by Crippen LogP contribution is -2.30. The molecule has 1 aliphatic heterocycles. The largest absolute Gasteiger partial charge is 0.359 e. The highest BCUT2D eigenvalue weighted by atomic mass is 35.5. The predicted octanol–water partition coefficient (Wildman–Crippen LogP) is 3.34. The molecular formula is C17H15ClN4O. The van der Waals surface area contributed by atoms with Crippen molar-refractivity contribution in [2.24, 2.45) is 0 Å². The van der Waals surface area contributed by atoms with Crippen LogP contribution < -0.4 is 0 Å². The lowest BCUT2D eigenvalue weighted by atomic mass is 10.1. The van der Waals surface area contributed by atoms with Crippen LogP contribution in [0.3, 0.4) is 0 Å². The van der Waals surface area contributed by atoms with Crippen LogP contribution >= 0.6 is 11.6 Å². The Morgan fingerprint density at radius 2 is 2.09 bits per heavy atom. The molecule has 0 bridgehead atoms. The number of rotatable bonds is 3. The molecule has 4 rings (SSSR count). The molecule has 6 heteroatoms. The second-order valence-corrected chi connectivity index (χ2v) is 6.08. The molecule has 3 aromatic rings. The zero-order valence-corrected chi connectivity index (χ0v) is 13.2. The number of hydrogen-bond acceptors (Lipinski definition) is 5. The fraction of sp³-hybridized carbons (Fsp3) is 0.235. The van der Waals surface area contributed by atoms with Crippen LogP contribution in [0, 0.1) is 0 Å². The third kappa shape index (κ3) is 3.11. The minimum Gasteiger partial charge on any atom is -0.359 e. The van der Waals surface area contributed by atoms with Crippen molar-refractivity contribution in [2.45, 2.75) is 19.5 Å². The molecular weight excluding hydrogens is 312 g/mol. The monoisotopic (exact) mass is 326 g/mol. The molecule has 0 saturated carbocycles. The van der Waals surface area contributed by atoms with Crippen LogP contribution in [0.15, 0.2) is 47.4 Å². The topological polar surface area (TPSA) is 55.1 Å². The quantitative estimate of drug-likeness (QED) is 0.739. The van der Waals surface area contributed by atoms with Gasteiger partial charge in [0, 0.05) is 35.9 Å². The van der Waals surface area contributed by atoms with E-state index in [2.05, 4.69) is 20.0 Å². The van der Waals surface area contributed by atoms with E-state index >= 15 is 0 Å². The van der Waals surface area contributed by atoms with Crippen LogP contribution in [0.25, 0.3) is 11.3 Å². The van der Waals surface area contributed by atoms with E-state index in [9.17, 15) is 0 Å². The Bertz CT molecular complexity index is 815. The molecule has 116 valence electrons. The van der Waals surface area contributed by atoms with E-state index in [1.165, 1.54) is 5.56 Å². The Balaban J connectivity index is 1.47. The van der Waals surface area contributed by atoms with Gasteiger partial charge in [-0.15, -0.1) is 0 Å².